The fourth-order valence-electron chi connectivity index (χ4n) is 3.42. The van der Waals surface area contributed by atoms with Gasteiger partial charge in [-0.15, -0.1) is 0 Å². The van der Waals surface area contributed by atoms with Gasteiger partial charge in [-0.3, -0.25) is 0 Å². The summed E-state index contributed by atoms with van der Waals surface area (Å²) < 4.78 is 7.25. The number of hydrogen-bond donors (Lipinski definition) is 2. The molecule has 3 rings (SSSR count). The molecule has 0 atom stereocenters. The lowest BCUT2D eigenvalue weighted by Crippen LogP contribution is -2.20. The predicted octanol–water partition coefficient (Wildman–Crippen LogP) is 3.06. The van der Waals surface area contributed by atoms with E-state index >= 15 is 0 Å². The van der Waals surface area contributed by atoms with Crippen LogP contribution in [0.5, 0.6) is 11.5 Å². The Morgan fingerprint density at radius 3 is 2.61 bits per heavy atom. The van der Waals surface area contributed by atoms with Crippen LogP contribution in [0.15, 0.2) is 30.6 Å². The lowest BCUT2D eigenvalue weighted by molar-refractivity contribution is 0.161. The van der Waals surface area contributed by atoms with Crippen LogP contribution in [0.1, 0.15) is 25.7 Å². The van der Waals surface area contributed by atoms with E-state index in [1.165, 1.54) is 0 Å². The van der Waals surface area contributed by atoms with Crippen molar-refractivity contribution in [3.63, 3.8) is 0 Å². The van der Waals surface area contributed by atoms with Gasteiger partial charge in [-0.1, -0.05) is 0 Å². The van der Waals surface area contributed by atoms with E-state index in [0.717, 1.165) is 43.6 Å². The molecule has 0 amide bonds. The highest BCUT2D eigenvalue weighted by Crippen LogP contribution is 2.33. The number of aromatic nitrogens is 2. The average Bonchev–Trinajstić information content (AvgIpc) is 3.03. The van der Waals surface area contributed by atoms with Crippen molar-refractivity contribution >= 4 is 0 Å². The highest BCUT2D eigenvalue weighted by Gasteiger charge is 2.21. The number of rotatable bonds is 5. The molecule has 23 heavy (non-hydrogen) atoms. The number of aliphatic hydroxyl groups excluding tert-OH is 1. The summed E-state index contributed by atoms with van der Waals surface area (Å²) in [5.74, 6) is 2.56. The molecule has 1 heterocycles. The van der Waals surface area contributed by atoms with Gasteiger partial charge in [0.2, 0.25) is 0 Å². The third-order valence-corrected chi connectivity index (χ3v) is 4.83. The maximum Gasteiger partial charge on any atom is 0.160 e. The highest BCUT2D eigenvalue weighted by molar-refractivity contribution is 5.61. The van der Waals surface area contributed by atoms with Gasteiger partial charge in [-0.05, 0) is 55.7 Å². The molecule has 1 saturated carbocycles. The molecule has 1 fully saturated rings. The minimum atomic E-state index is 0.128. The SMILES string of the molecule is COc1ccc(-c2nccn2CC2CCC(CO)CC2)cc1O. The van der Waals surface area contributed by atoms with Gasteiger partial charge in [0.05, 0.1) is 7.11 Å². The average molecular weight is 316 g/mol. The first-order valence-corrected chi connectivity index (χ1v) is 8.20. The van der Waals surface area contributed by atoms with Crippen molar-refractivity contribution in [3.8, 4) is 22.9 Å². The van der Waals surface area contributed by atoms with Gasteiger partial charge in [-0.2, -0.15) is 0 Å². The van der Waals surface area contributed by atoms with Gasteiger partial charge in [-0.25, -0.2) is 4.98 Å². The van der Waals surface area contributed by atoms with Crippen LogP contribution in [0.25, 0.3) is 11.4 Å². The van der Waals surface area contributed by atoms with Crippen LogP contribution in [0.2, 0.25) is 0 Å². The minimum Gasteiger partial charge on any atom is -0.504 e. The molecule has 5 heteroatoms. The van der Waals surface area contributed by atoms with Crippen LogP contribution >= 0.6 is 0 Å². The number of ether oxygens (including phenoxy) is 1. The van der Waals surface area contributed by atoms with Crippen molar-refractivity contribution in [2.75, 3.05) is 13.7 Å². The van der Waals surface area contributed by atoms with E-state index in [4.69, 9.17) is 4.74 Å². The van der Waals surface area contributed by atoms with E-state index < -0.39 is 0 Å². The Morgan fingerprint density at radius 1 is 1.22 bits per heavy atom. The minimum absolute atomic E-state index is 0.128. The molecule has 0 bridgehead atoms. The summed E-state index contributed by atoms with van der Waals surface area (Å²) in [5.41, 5.74) is 0.886. The van der Waals surface area contributed by atoms with E-state index in [2.05, 4.69) is 9.55 Å². The molecule has 0 unspecified atom stereocenters. The lowest BCUT2D eigenvalue weighted by atomic mass is 9.82. The lowest BCUT2D eigenvalue weighted by Gasteiger charge is -2.27. The number of imidazole rings is 1. The van der Waals surface area contributed by atoms with Crippen molar-refractivity contribution in [1.29, 1.82) is 0 Å². The van der Waals surface area contributed by atoms with Gasteiger partial charge < -0.3 is 19.5 Å². The zero-order valence-corrected chi connectivity index (χ0v) is 13.5. The van der Waals surface area contributed by atoms with Gasteiger partial charge in [0.1, 0.15) is 5.82 Å². The Hall–Kier alpha value is -2.01. The maximum atomic E-state index is 9.97. The number of aliphatic hydroxyl groups is 1. The number of benzene rings is 1. The normalized spacial score (nSPS) is 21.3. The summed E-state index contributed by atoms with van der Waals surface area (Å²) in [4.78, 5) is 4.45. The monoisotopic (exact) mass is 316 g/mol. The van der Waals surface area contributed by atoms with Crippen molar-refractivity contribution in [2.24, 2.45) is 11.8 Å². The number of hydrogen-bond acceptors (Lipinski definition) is 4. The van der Waals surface area contributed by atoms with Gasteiger partial charge in [0, 0.05) is 31.1 Å². The number of nitrogens with zero attached hydrogens (tertiary/aromatic N) is 2. The predicted molar refractivity (Wildman–Crippen MR) is 88.4 cm³/mol. The number of phenols is 1. The highest BCUT2D eigenvalue weighted by atomic mass is 16.5. The second kappa shape index (κ2) is 7.04. The summed E-state index contributed by atoms with van der Waals surface area (Å²) >= 11 is 0. The van der Waals surface area contributed by atoms with E-state index in [0.29, 0.717) is 24.2 Å². The van der Waals surface area contributed by atoms with E-state index in [1.807, 2.05) is 12.3 Å². The van der Waals surface area contributed by atoms with Crippen molar-refractivity contribution < 1.29 is 14.9 Å². The Bertz CT molecular complexity index is 645. The van der Waals surface area contributed by atoms with Crippen LogP contribution < -0.4 is 4.74 Å². The zero-order valence-electron chi connectivity index (χ0n) is 13.5. The number of phenolic OH excluding ortho intramolecular Hbond substituents is 1. The molecule has 0 aliphatic heterocycles. The van der Waals surface area contributed by atoms with Crippen LogP contribution in [-0.4, -0.2) is 33.5 Å². The van der Waals surface area contributed by atoms with Gasteiger partial charge in [0.25, 0.3) is 0 Å². The van der Waals surface area contributed by atoms with Crippen LogP contribution in [-0.2, 0) is 6.54 Å². The zero-order chi connectivity index (χ0) is 16.2. The largest absolute Gasteiger partial charge is 0.504 e. The van der Waals surface area contributed by atoms with Crippen molar-refractivity contribution in [2.45, 2.75) is 32.2 Å². The molecule has 1 aromatic carbocycles. The third kappa shape index (κ3) is 3.50. The fourth-order valence-corrected chi connectivity index (χ4v) is 3.42. The molecule has 1 aliphatic carbocycles. The molecule has 1 aromatic heterocycles. The number of aromatic hydroxyl groups is 1. The Balaban J connectivity index is 1.74. The summed E-state index contributed by atoms with van der Waals surface area (Å²) in [6.07, 6.45) is 8.31. The van der Waals surface area contributed by atoms with Gasteiger partial charge in [0.15, 0.2) is 11.5 Å². The summed E-state index contributed by atoms with van der Waals surface area (Å²) in [7, 11) is 1.54. The summed E-state index contributed by atoms with van der Waals surface area (Å²) in [6, 6.07) is 5.37. The third-order valence-electron chi connectivity index (χ3n) is 4.83. The number of methoxy groups -OCH3 is 1. The first kappa shape index (κ1) is 15.9. The van der Waals surface area contributed by atoms with Crippen LogP contribution in [0, 0.1) is 11.8 Å². The second-order valence-electron chi connectivity index (χ2n) is 6.36. The molecule has 124 valence electrons. The summed E-state index contributed by atoms with van der Waals surface area (Å²) in [6.45, 7) is 1.24. The van der Waals surface area contributed by atoms with Gasteiger partial charge >= 0.3 is 0 Å². The van der Waals surface area contributed by atoms with E-state index in [-0.39, 0.29) is 5.75 Å². The first-order chi connectivity index (χ1) is 11.2. The molecule has 0 radical (unpaired) electrons. The van der Waals surface area contributed by atoms with E-state index in [1.54, 1.807) is 25.4 Å². The Morgan fingerprint density at radius 2 is 1.96 bits per heavy atom. The topological polar surface area (TPSA) is 67.5 Å². The molecule has 5 nitrogen and oxygen atoms in total. The molecule has 2 N–H and O–H groups in total. The molecular formula is C18H24N2O3. The second-order valence-corrected chi connectivity index (χ2v) is 6.36. The first-order valence-electron chi connectivity index (χ1n) is 8.20. The Kier molecular flexibility index (Phi) is 4.86. The fraction of sp³-hybridized carbons (Fsp3) is 0.500. The molecule has 2 aromatic rings. The summed E-state index contributed by atoms with van der Waals surface area (Å²) in [5, 5.41) is 19.2. The van der Waals surface area contributed by atoms with E-state index in [9.17, 15) is 10.2 Å². The van der Waals surface area contributed by atoms with Crippen molar-refractivity contribution in [3.05, 3.63) is 30.6 Å². The van der Waals surface area contributed by atoms with Crippen LogP contribution in [0.4, 0.5) is 0 Å². The Labute approximate surface area is 136 Å². The van der Waals surface area contributed by atoms with Crippen LogP contribution in [0.3, 0.4) is 0 Å². The molecule has 0 spiro atoms. The quantitative estimate of drug-likeness (QED) is 0.889. The maximum absolute atomic E-state index is 9.97. The van der Waals surface area contributed by atoms with Crippen molar-refractivity contribution in [1.82, 2.24) is 9.55 Å². The standard InChI is InChI=1S/C18H24N2O3/c1-23-17-7-6-15(10-16(17)22)18-19-8-9-20(18)11-13-2-4-14(12-21)5-3-13/h6-10,13-14,21-22H,2-5,11-12H2,1H3. The molecule has 1 aliphatic rings. The molecular weight excluding hydrogens is 292 g/mol. The molecule has 0 saturated heterocycles. The smallest absolute Gasteiger partial charge is 0.160 e.